The van der Waals surface area contributed by atoms with Gasteiger partial charge in [-0.05, 0) is 24.1 Å². The third-order valence-corrected chi connectivity index (χ3v) is 5.19. The van der Waals surface area contributed by atoms with Gasteiger partial charge in [-0.3, -0.25) is 4.79 Å². The Kier molecular flexibility index (Phi) is 8.74. The molecule has 0 spiro atoms. The summed E-state index contributed by atoms with van der Waals surface area (Å²) in [5.41, 5.74) is 1.20. The van der Waals surface area contributed by atoms with Crippen LogP contribution in [0.4, 0.5) is 0 Å². The normalized spacial score (nSPS) is 12.4. The van der Waals surface area contributed by atoms with Crippen LogP contribution in [0.3, 0.4) is 0 Å². The Balaban J connectivity index is 1.90. The van der Waals surface area contributed by atoms with Gasteiger partial charge in [0.1, 0.15) is 12.3 Å². The number of carbonyl (C=O) groups is 1. The van der Waals surface area contributed by atoms with Crippen LogP contribution in [0, 0.1) is 0 Å². The first-order valence-electron chi connectivity index (χ1n) is 9.24. The molecule has 1 heterocycles. The summed E-state index contributed by atoms with van der Waals surface area (Å²) in [5.74, 6) is 1.70. The molecule has 1 atom stereocenters. The number of amides is 1. The molecule has 2 N–H and O–H groups in total. The minimum Gasteiger partial charge on any atom is -0.497 e. The molecule has 1 aromatic heterocycles. The number of rotatable bonds is 9. The van der Waals surface area contributed by atoms with E-state index in [-0.39, 0.29) is 18.4 Å². The number of nitrogens with one attached hydrogen (secondary N) is 2. The van der Waals surface area contributed by atoms with E-state index in [1.165, 1.54) is 10.5 Å². The molecule has 0 aliphatic rings. The van der Waals surface area contributed by atoms with Crippen molar-refractivity contribution in [3.05, 3.63) is 46.4 Å². The van der Waals surface area contributed by atoms with Crippen LogP contribution in [0.2, 0.25) is 0 Å². The van der Waals surface area contributed by atoms with Gasteiger partial charge >= 0.3 is 0 Å². The van der Waals surface area contributed by atoms with E-state index in [0.717, 1.165) is 17.2 Å². The number of benzene rings is 1. The zero-order valence-corrected chi connectivity index (χ0v) is 17.8. The molecule has 0 radical (unpaired) electrons. The number of guanidine groups is 1. The van der Waals surface area contributed by atoms with E-state index in [0.29, 0.717) is 19.0 Å². The minimum atomic E-state index is -0.0378. The number of aromatic nitrogens is 1. The van der Waals surface area contributed by atoms with Crippen molar-refractivity contribution in [2.24, 2.45) is 4.99 Å². The number of methoxy groups -OCH3 is 1. The molecular formula is C20H29N5O2S. The van der Waals surface area contributed by atoms with Crippen molar-refractivity contribution < 1.29 is 9.53 Å². The molecule has 0 aliphatic carbocycles. The number of thiazole rings is 1. The van der Waals surface area contributed by atoms with Gasteiger partial charge in [0.2, 0.25) is 5.91 Å². The quantitative estimate of drug-likeness (QED) is 0.495. The molecule has 1 aromatic carbocycles. The lowest BCUT2D eigenvalue weighted by Crippen LogP contribution is -2.41. The van der Waals surface area contributed by atoms with Crippen molar-refractivity contribution in [2.45, 2.75) is 19.3 Å². The van der Waals surface area contributed by atoms with E-state index in [2.05, 4.69) is 27.5 Å². The largest absolute Gasteiger partial charge is 0.497 e. The summed E-state index contributed by atoms with van der Waals surface area (Å²) in [6.45, 7) is 3.63. The van der Waals surface area contributed by atoms with Crippen molar-refractivity contribution in [1.82, 2.24) is 20.5 Å². The molecule has 1 unspecified atom stereocenters. The van der Waals surface area contributed by atoms with Crippen LogP contribution in [0.5, 0.6) is 5.75 Å². The minimum absolute atomic E-state index is 0.0378. The van der Waals surface area contributed by atoms with Gasteiger partial charge in [-0.25, -0.2) is 9.98 Å². The Morgan fingerprint density at radius 1 is 1.29 bits per heavy atom. The van der Waals surface area contributed by atoms with Crippen LogP contribution >= 0.6 is 11.3 Å². The van der Waals surface area contributed by atoms with Crippen molar-refractivity contribution in [3.63, 3.8) is 0 Å². The molecule has 8 heteroatoms. The molecule has 152 valence electrons. The summed E-state index contributed by atoms with van der Waals surface area (Å²) in [7, 11) is 5.12. The van der Waals surface area contributed by atoms with E-state index in [9.17, 15) is 4.79 Å². The topological polar surface area (TPSA) is 78.8 Å². The standard InChI is InChI=1S/C20H29N5O2S/c1-15(19-21-11-12-28-19)13-23-20(24-14-18(26)25(2)3)22-10-9-16-5-7-17(27-4)8-6-16/h5-8,11-12,15H,9-10,13-14H2,1-4H3,(H2,22,23,24). The average Bonchev–Trinajstić information content (AvgIpc) is 3.24. The zero-order valence-electron chi connectivity index (χ0n) is 16.9. The third kappa shape index (κ3) is 7.19. The summed E-state index contributed by atoms with van der Waals surface area (Å²) < 4.78 is 5.19. The van der Waals surface area contributed by atoms with Gasteiger partial charge in [0.25, 0.3) is 0 Å². The van der Waals surface area contributed by atoms with Gasteiger partial charge < -0.3 is 20.3 Å². The second-order valence-corrected chi connectivity index (χ2v) is 7.56. The smallest absolute Gasteiger partial charge is 0.243 e. The highest BCUT2D eigenvalue weighted by Gasteiger charge is 2.10. The van der Waals surface area contributed by atoms with E-state index in [4.69, 9.17) is 4.74 Å². The first-order valence-corrected chi connectivity index (χ1v) is 10.1. The monoisotopic (exact) mass is 403 g/mol. The number of nitrogens with zero attached hydrogens (tertiary/aromatic N) is 3. The maximum atomic E-state index is 11.9. The van der Waals surface area contributed by atoms with E-state index in [1.54, 1.807) is 32.5 Å². The van der Waals surface area contributed by atoms with Crippen molar-refractivity contribution in [1.29, 1.82) is 0 Å². The Labute approximate surface area is 170 Å². The summed E-state index contributed by atoms with van der Waals surface area (Å²) in [6.07, 6.45) is 2.66. The van der Waals surface area contributed by atoms with Gasteiger partial charge in [0.05, 0.1) is 12.1 Å². The Hall–Kier alpha value is -2.61. The Morgan fingerprint density at radius 3 is 2.64 bits per heavy atom. The first kappa shape index (κ1) is 21.7. The van der Waals surface area contributed by atoms with Crippen LogP contribution in [0.25, 0.3) is 0 Å². The van der Waals surface area contributed by atoms with E-state index in [1.807, 2.05) is 35.8 Å². The number of hydrogen-bond donors (Lipinski definition) is 2. The van der Waals surface area contributed by atoms with Gasteiger partial charge in [-0.2, -0.15) is 0 Å². The lowest BCUT2D eigenvalue weighted by atomic mass is 10.1. The molecule has 0 saturated carbocycles. The molecule has 7 nitrogen and oxygen atoms in total. The third-order valence-electron chi connectivity index (χ3n) is 4.19. The number of carbonyl (C=O) groups excluding carboxylic acids is 1. The zero-order chi connectivity index (χ0) is 20.4. The van der Waals surface area contributed by atoms with Gasteiger partial charge in [-0.1, -0.05) is 19.1 Å². The number of likely N-dealkylation sites (N-methyl/N-ethyl adjacent to an activating group) is 1. The summed E-state index contributed by atoms with van der Waals surface area (Å²) in [6, 6.07) is 8.00. The maximum absolute atomic E-state index is 11.9. The Morgan fingerprint density at radius 2 is 2.04 bits per heavy atom. The van der Waals surface area contributed by atoms with E-state index < -0.39 is 0 Å². The second kappa shape index (κ2) is 11.3. The highest BCUT2D eigenvalue weighted by Crippen LogP contribution is 2.16. The van der Waals surface area contributed by atoms with Crippen molar-refractivity contribution in [2.75, 3.05) is 40.8 Å². The van der Waals surface area contributed by atoms with Gasteiger partial charge in [-0.15, -0.1) is 11.3 Å². The molecule has 0 aliphatic heterocycles. The molecule has 1 amide bonds. The Bertz CT molecular complexity index is 744. The summed E-state index contributed by atoms with van der Waals surface area (Å²) in [5, 5.41) is 9.69. The first-order chi connectivity index (χ1) is 13.5. The lowest BCUT2D eigenvalue weighted by molar-refractivity contribution is -0.127. The molecular weight excluding hydrogens is 374 g/mol. The lowest BCUT2D eigenvalue weighted by Gasteiger charge is -2.16. The molecule has 0 bridgehead atoms. The van der Waals surface area contributed by atoms with Crippen molar-refractivity contribution in [3.8, 4) is 5.75 Å². The van der Waals surface area contributed by atoms with Crippen LogP contribution in [0.1, 0.15) is 23.4 Å². The number of ether oxygens (including phenoxy) is 1. The van der Waals surface area contributed by atoms with Crippen LogP contribution in [-0.2, 0) is 11.2 Å². The van der Waals surface area contributed by atoms with Crippen LogP contribution in [-0.4, -0.2) is 62.6 Å². The maximum Gasteiger partial charge on any atom is 0.243 e. The SMILES string of the molecule is COc1ccc(CCNC(=NCC(=O)N(C)C)NCC(C)c2nccs2)cc1. The fourth-order valence-electron chi connectivity index (χ4n) is 2.39. The van der Waals surface area contributed by atoms with Crippen LogP contribution < -0.4 is 15.4 Å². The molecule has 2 rings (SSSR count). The fraction of sp³-hybridized carbons (Fsp3) is 0.450. The van der Waals surface area contributed by atoms with Crippen LogP contribution in [0.15, 0.2) is 40.8 Å². The predicted octanol–water partition coefficient (Wildman–Crippen LogP) is 2.12. The molecule has 28 heavy (non-hydrogen) atoms. The predicted molar refractivity (Wildman–Crippen MR) is 114 cm³/mol. The molecule has 0 fully saturated rings. The van der Waals surface area contributed by atoms with E-state index >= 15 is 0 Å². The molecule has 2 aromatic rings. The van der Waals surface area contributed by atoms with Gasteiger partial charge in [0, 0.05) is 44.7 Å². The number of aliphatic imine (C=N–C) groups is 1. The number of hydrogen-bond acceptors (Lipinski definition) is 5. The summed E-state index contributed by atoms with van der Waals surface area (Å²) >= 11 is 1.64. The second-order valence-electron chi connectivity index (χ2n) is 6.63. The summed E-state index contributed by atoms with van der Waals surface area (Å²) in [4.78, 5) is 22.2. The molecule has 0 saturated heterocycles. The fourth-order valence-corrected chi connectivity index (χ4v) is 3.09. The highest BCUT2D eigenvalue weighted by molar-refractivity contribution is 7.09. The van der Waals surface area contributed by atoms with Gasteiger partial charge in [0.15, 0.2) is 5.96 Å². The average molecular weight is 404 g/mol. The highest BCUT2D eigenvalue weighted by atomic mass is 32.1. The van der Waals surface area contributed by atoms with Crippen molar-refractivity contribution >= 4 is 23.2 Å².